The minimum absolute atomic E-state index is 0.354. The van der Waals surface area contributed by atoms with Gasteiger partial charge in [-0.3, -0.25) is 0 Å². The summed E-state index contributed by atoms with van der Waals surface area (Å²) in [7, 11) is 0. The van der Waals surface area contributed by atoms with Gasteiger partial charge in [0.15, 0.2) is 0 Å². The molecule has 1 heteroatoms. The number of halogens is 1. The van der Waals surface area contributed by atoms with Gasteiger partial charge >= 0.3 is 0 Å². The van der Waals surface area contributed by atoms with Crippen molar-refractivity contribution in [3.63, 3.8) is 0 Å². The normalized spacial score (nSPS) is 24.5. The number of hydrogen-bond acceptors (Lipinski definition) is 0. The average molecular weight is 205 g/mol. The van der Waals surface area contributed by atoms with Crippen molar-refractivity contribution in [3.05, 3.63) is 47.0 Å². The minimum atomic E-state index is -0.354. The molecular formula is C13H13Cl. The van der Waals surface area contributed by atoms with Gasteiger partial charge in [0, 0.05) is 0 Å². The summed E-state index contributed by atoms with van der Waals surface area (Å²) in [5, 5.41) is 0. The maximum Gasteiger partial charge on any atom is 0.0784 e. The Morgan fingerprint density at radius 3 is 2.43 bits per heavy atom. The van der Waals surface area contributed by atoms with Crippen LogP contribution in [0.3, 0.4) is 0 Å². The molecule has 0 N–H and O–H groups in total. The maximum atomic E-state index is 6.23. The van der Waals surface area contributed by atoms with Crippen LogP contribution in [0.15, 0.2) is 30.4 Å². The third-order valence-electron chi connectivity index (χ3n) is 2.42. The highest BCUT2D eigenvalue weighted by atomic mass is 35.5. The van der Waals surface area contributed by atoms with Crippen molar-refractivity contribution in [2.45, 2.75) is 18.7 Å². The van der Waals surface area contributed by atoms with Gasteiger partial charge in [-0.15, -0.1) is 11.6 Å². The van der Waals surface area contributed by atoms with Crippen molar-refractivity contribution in [1.29, 1.82) is 0 Å². The Morgan fingerprint density at radius 2 is 1.71 bits per heavy atom. The van der Waals surface area contributed by atoms with E-state index >= 15 is 0 Å². The van der Waals surface area contributed by atoms with Gasteiger partial charge in [0.1, 0.15) is 0 Å². The lowest BCUT2D eigenvalue weighted by atomic mass is 10.0. The van der Waals surface area contributed by atoms with E-state index in [4.69, 9.17) is 11.6 Å². The van der Waals surface area contributed by atoms with Crippen molar-refractivity contribution in [2.24, 2.45) is 0 Å². The van der Waals surface area contributed by atoms with E-state index in [2.05, 4.69) is 37.3 Å². The van der Waals surface area contributed by atoms with Crippen molar-refractivity contribution in [1.82, 2.24) is 0 Å². The number of fused-ring (bicyclic) bond motifs is 1. The van der Waals surface area contributed by atoms with Crippen LogP contribution in [-0.4, -0.2) is 4.87 Å². The van der Waals surface area contributed by atoms with E-state index in [0.29, 0.717) is 0 Å². The highest BCUT2D eigenvalue weighted by Crippen LogP contribution is 2.26. The van der Waals surface area contributed by atoms with Gasteiger partial charge in [-0.25, -0.2) is 0 Å². The molecule has 14 heavy (non-hydrogen) atoms. The number of aryl methyl sites for hydroxylation is 1. The third-order valence-corrected chi connectivity index (χ3v) is 2.67. The van der Waals surface area contributed by atoms with Crippen molar-refractivity contribution in [3.8, 4) is 0 Å². The van der Waals surface area contributed by atoms with E-state index in [9.17, 15) is 0 Å². The molecule has 0 saturated carbocycles. The molecule has 0 bridgehead atoms. The van der Waals surface area contributed by atoms with Crippen molar-refractivity contribution < 1.29 is 0 Å². The van der Waals surface area contributed by atoms with Crippen LogP contribution in [0.2, 0.25) is 0 Å². The molecule has 0 radical (unpaired) electrons. The van der Waals surface area contributed by atoms with Crippen LogP contribution in [0.1, 0.15) is 23.6 Å². The molecule has 0 aromatic heterocycles. The van der Waals surface area contributed by atoms with Gasteiger partial charge in [-0.2, -0.15) is 0 Å². The van der Waals surface area contributed by atoms with E-state index in [1.807, 2.05) is 19.1 Å². The van der Waals surface area contributed by atoms with Gasteiger partial charge < -0.3 is 0 Å². The largest absolute Gasteiger partial charge is 0.110 e. The van der Waals surface area contributed by atoms with Crippen molar-refractivity contribution in [2.75, 3.05) is 0 Å². The van der Waals surface area contributed by atoms with Crippen LogP contribution in [0, 0.1) is 6.92 Å². The lowest BCUT2D eigenvalue weighted by Crippen LogP contribution is -2.05. The Bertz CT molecular complexity index is 411. The fourth-order valence-electron chi connectivity index (χ4n) is 1.55. The monoisotopic (exact) mass is 204 g/mol. The smallest absolute Gasteiger partial charge is 0.0784 e. The molecule has 0 fully saturated rings. The Labute approximate surface area is 89.9 Å². The Morgan fingerprint density at radius 1 is 1.07 bits per heavy atom. The van der Waals surface area contributed by atoms with E-state index in [0.717, 1.165) is 0 Å². The zero-order valence-electron chi connectivity index (χ0n) is 8.42. The molecule has 0 spiro atoms. The van der Waals surface area contributed by atoms with Gasteiger partial charge in [0.05, 0.1) is 4.87 Å². The summed E-state index contributed by atoms with van der Waals surface area (Å²) in [4.78, 5) is -0.354. The van der Waals surface area contributed by atoms with Crippen LogP contribution >= 0.6 is 11.6 Å². The lowest BCUT2D eigenvalue weighted by Gasteiger charge is -2.08. The molecule has 72 valence electrons. The molecule has 1 aliphatic rings. The molecule has 0 amide bonds. The topological polar surface area (TPSA) is 0 Å². The molecule has 0 aliphatic heterocycles. The van der Waals surface area contributed by atoms with Gasteiger partial charge in [0.25, 0.3) is 0 Å². The van der Waals surface area contributed by atoms with Gasteiger partial charge in [0.2, 0.25) is 0 Å². The van der Waals surface area contributed by atoms with Gasteiger partial charge in [-0.05, 0) is 25.0 Å². The second-order valence-corrected chi connectivity index (χ2v) is 4.76. The molecule has 2 rings (SSSR count). The van der Waals surface area contributed by atoms with Crippen LogP contribution in [0.25, 0.3) is 12.2 Å². The average Bonchev–Trinajstić information content (AvgIpc) is 2.26. The molecule has 0 saturated heterocycles. The first-order chi connectivity index (χ1) is 6.57. The molecule has 1 aromatic carbocycles. The number of rotatable bonds is 0. The summed E-state index contributed by atoms with van der Waals surface area (Å²) in [6.45, 7) is 4.09. The highest BCUT2D eigenvalue weighted by Gasteiger charge is 2.14. The molecule has 0 nitrogen and oxygen atoms in total. The molecule has 1 aliphatic carbocycles. The van der Waals surface area contributed by atoms with Gasteiger partial charge in [-0.1, -0.05) is 48.1 Å². The van der Waals surface area contributed by atoms with Crippen LogP contribution in [-0.2, 0) is 0 Å². The first kappa shape index (κ1) is 9.54. The van der Waals surface area contributed by atoms with E-state index in [-0.39, 0.29) is 4.87 Å². The molecule has 1 unspecified atom stereocenters. The van der Waals surface area contributed by atoms with Crippen LogP contribution in [0.4, 0.5) is 0 Å². The quantitative estimate of drug-likeness (QED) is 0.560. The number of alkyl halides is 1. The summed E-state index contributed by atoms with van der Waals surface area (Å²) < 4.78 is 0. The Balaban J connectivity index is 2.54. The SMILES string of the molecule is Cc1ccc2c(c1)C=CC(C)(Cl)C=C2. The number of benzene rings is 1. The molecule has 0 heterocycles. The highest BCUT2D eigenvalue weighted by molar-refractivity contribution is 6.27. The Hall–Kier alpha value is -1.01. The summed E-state index contributed by atoms with van der Waals surface area (Å²) in [5.41, 5.74) is 3.75. The lowest BCUT2D eigenvalue weighted by molar-refractivity contribution is 1.00. The molecular weight excluding hydrogens is 192 g/mol. The first-order valence-electron chi connectivity index (χ1n) is 4.75. The van der Waals surface area contributed by atoms with Crippen LogP contribution < -0.4 is 0 Å². The second kappa shape index (κ2) is 3.29. The Kier molecular flexibility index (Phi) is 2.24. The summed E-state index contributed by atoms with van der Waals surface area (Å²) in [5.74, 6) is 0. The predicted octanol–water partition coefficient (Wildman–Crippen LogP) is 4.03. The number of hydrogen-bond donors (Lipinski definition) is 0. The zero-order valence-corrected chi connectivity index (χ0v) is 9.18. The zero-order chi connectivity index (χ0) is 10.2. The van der Waals surface area contributed by atoms with E-state index in [1.54, 1.807) is 0 Å². The summed E-state index contributed by atoms with van der Waals surface area (Å²) in [6, 6.07) is 6.42. The fourth-order valence-corrected chi connectivity index (χ4v) is 1.68. The second-order valence-electron chi connectivity index (χ2n) is 3.95. The molecule has 1 atom stereocenters. The minimum Gasteiger partial charge on any atom is -0.110 e. The van der Waals surface area contributed by atoms with E-state index in [1.165, 1.54) is 16.7 Å². The standard InChI is InChI=1S/C13H13Cl/c1-10-3-4-11-5-7-13(2,14)8-6-12(11)9-10/h3-9H,1-2H3. The number of allylic oxidation sites excluding steroid dienone is 2. The third kappa shape index (κ3) is 1.91. The first-order valence-corrected chi connectivity index (χ1v) is 5.13. The van der Waals surface area contributed by atoms with E-state index < -0.39 is 0 Å². The molecule has 1 aromatic rings. The maximum absolute atomic E-state index is 6.23. The fraction of sp³-hybridized carbons (Fsp3) is 0.231. The summed E-state index contributed by atoms with van der Waals surface area (Å²) >= 11 is 6.23. The van der Waals surface area contributed by atoms with Crippen molar-refractivity contribution >= 4 is 23.8 Å². The van der Waals surface area contributed by atoms with Crippen LogP contribution in [0.5, 0.6) is 0 Å². The summed E-state index contributed by atoms with van der Waals surface area (Å²) in [6.07, 6.45) is 8.22. The predicted molar refractivity (Wildman–Crippen MR) is 63.5 cm³/mol.